The van der Waals surface area contributed by atoms with Gasteiger partial charge >= 0.3 is 0 Å². The summed E-state index contributed by atoms with van der Waals surface area (Å²) < 4.78 is 11.3. The summed E-state index contributed by atoms with van der Waals surface area (Å²) in [6.45, 7) is 0.0908. The maximum absolute atomic E-state index is 12.8. The van der Waals surface area contributed by atoms with Crippen LogP contribution in [0.15, 0.2) is 48.5 Å². The SMILES string of the molecule is O=C1CN(C(=O)[C@H]2COc3ccccc3O2)c2ccccc2N1. The van der Waals surface area contributed by atoms with Crippen LogP contribution in [0.2, 0.25) is 0 Å². The summed E-state index contributed by atoms with van der Waals surface area (Å²) in [4.78, 5) is 26.1. The average molecular weight is 310 g/mol. The lowest BCUT2D eigenvalue weighted by Crippen LogP contribution is -2.50. The van der Waals surface area contributed by atoms with Crippen LogP contribution in [0.25, 0.3) is 0 Å². The molecule has 1 atom stereocenters. The molecule has 0 unspecified atom stereocenters. The third kappa shape index (κ3) is 2.38. The van der Waals surface area contributed by atoms with E-state index in [9.17, 15) is 9.59 Å². The van der Waals surface area contributed by atoms with Gasteiger partial charge < -0.3 is 14.8 Å². The summed E-state index contributed by atoms with van der Waals surface area (Å²) in [5.41, 5.74) is 1.29. The Morgan fingerprint density at radius 1 is 1.09 bits per heavy atom. The van der Waals surface area contributed by atoms with Crippen molar-refractivity contribution in [2.24, 2.45) is 0 Å². The molecule has 0 spiro atoms. The normalized spacial score (nSPS) is 18.9. The van der Waals surface area contributed by atoms with Gasteiger partial charge in [-0.25, -0.2) is 0 Å². The second-order valence-corrected chi connectivity index (χ2v) is 5.35. The summed E-state index contributed by atoms with van der Waals surface area (Å²) in [7, 11) is 0. The number of carbonyl (C=O) groups excluding carboxylic acids is 2. The summed E-state index contributed by atoms with van der Waals surface area (Å²) in [5, 5.41) is 2.76. The van der Waals surface area contributed by atoms with Crippen LogP contribution >= 0.6 is 0 Å². The number of benzene rings is 2. The van der Waals surface area contributed by atoms with Gasteiger partial charge in [0.25, 0.3) is 5.91 Å². The lowest BCUT2D eigenvalue weighted by atomic mass is 10.1. The predicted molar refractivity (Wildman–Crippen MR) is 83.8 cm³/mol. The number of rotatable bonds is 1. The Kier molecular flexibility index (Phi) is 3.15. The van der Waals surface area contributed by atoms with E-state index < -0.39 is 6.10 Å². The molecular weight excluding hydrogens is 296 g/mol. The van der Waals surface area contributed by atoms with Gasteiger partial charge in [0, 0.05) is 0 Å². The van der Waals surface area contributed by atoms with Crippen LogP contribution in [-0.2, 0) is 9.59 Å². The summed E-state index contributed by atoms with van der Waals surface area (Å²) in [6, 6.07) is 14.4. The van der Waals surface area contributed by atoms with Crippen molar-refractivity contribution in [2.75, 3.05) is 23.4 Å². The highest BCUT2D eigenvalue weighted by molar-refractivity contribution is 6.11. The van der Waals surface area contributed by atoms with E-state index in [1.54, 1.807) is 24.3 Å². The van der Waals surface area contributed by atoms with E-state index in [0.717, 1.165) is 0 Å². The minimum absolute atomic E-state index is 0.0304. The molecule has 23 heavy (non-hydrogen) atoms. The number of hydrogen-bond donors (Lipinski definition) is 1. The fraction of sp³-hybridized carbons (Fsp3) is 0.176. The molecular formula is C17H14N2O4. The maximum atomic E-state index is 12.8. The Balaban J connectivity index is 1.62. The molecule has 116 valence electrons. The number of carbonyl (C=O) groups is 2. The first kappa shape index (κ1) is 13.6. The average Bonchev–Trinajstić information content (AvgIpc) is 2.60. The second kappa shape index (κ2) is 5.31. The first-order valence-corrected chi connectivity index (χ1v) is 7.31. The molecule has 1 N–H and O–H groups in total. The van der Waals surface area contributed by atoms with Crippen LogP contribution < -0.4 is 19.7 Å². The molecule has 2 aliphatic heterocycles. The lowest BCUT2D eigenvalue weighted by molar-refractivity contribution is -0.129. The van der Waals surface area contributed by atoms with Gasteiger partial charge in [-0.2, -0.15) is 0 Å². The minimum atomic E-state index is -0.774. The Morgan fingerprint density at radius 3 is 2.70 bits per heavy atom. The zero-order valence-electron chi connectivity index (χ0n) is 12.2. The van der Waals surface area contributed by atoms with Gasteiger partial charge in [-0.1, -0.05) is 24.3 Å². The van der Waals surface area contributed by atoms with Crippen LogP contribution in [0.1, 0.15) is 0 Å². The van der Waals surface area contributed by atoms with E-state index in [1.807, 2.05) is 24.3 Å². The Labute approximate surface area is 132 Å². The van der Waals surface area contributed by atoms with Gasteiger partial charge in [0.05, 0.1) is 11.4 Å². The third-order valence-corrected chi connectivity index (χ3v) is 3.82. The molecule has 6 nitrogen and oxygen atoms in total. The van der Waals surface area contributed by atoms with Crippen LogP contribution in [0.3, 0.4) is 0 Å². The standard InChI is InChI=1S/C17H14N2O4/c20-16-9-19(12-6-2-1-5-11(12)18-16)17(21)15-10-22-13-7-3-4-8-14(13)23-15/h1-8,15H,9-10H2,(H,18,20)/t15-/m1/s1. The van der Waals surface area contributed by atoms with E-state index in [0.29, 0.717) is 22.9 Å². The van der Waals surface area contributed by atoms with Crippen molar-refractivity contribution in [3.8, 4) is 11.5 Å². The number of amides is 2. The fourth-order valence-corrected chi connectivity index (χ4v) is 2.74. The van der Waals surface area contributed by atoms with Gasteiger partial charge in [-0.15, -0.1) is 0 Å². The van der Waals surface area contributed by atoms with Gasteiger partial charge in [-0.3, -0.25) is 14.5 Å². The van der Waals surface area contributed by atoms with E-state index >= 15 is 0 Å². The van der Waals surface area contributed by atoms with E-state index in [2.05, 4.69) is 5.32 Å². The monoisotopic (exact) mass is 310 g/mol. The summed E-state index contributed by atoms with van der Waals surface area (Å²) >= 11 is 0. The Hall–Kier alpha value is -3.02. The highest BCUT2D eigenvalue weighted by Gasteiger charge is 2.35. The van der Waals surface area contributed by atoms with Gasteiger partial charge in [0.15, 0.2) is 11.5 Å². The van der Waals surface area contributed by atoms with Gasteiger partial charge in [-0.05, 0) is 24.3 Å². The number of ether oxygens (including phenoxy) is 2. The molecule has 2 amide bonds. The zero-order chi connectivity index (χ0) is 15.8. The molecule has 6 heteroatoms. The van der Waals surface area contributed by atoms with Crippen LogP contribution in [0, 0.1) is 0 Å². The first-order valence-electron chi connectivity index (χ1n) is 7.31. The number of nitrogens with zero attached hydrogens (tertiary/aromatic N) is 1. The fourth-order valence-electron chi connectivity index (χ4n) is 2.74. The molecule has 0 bridgehead atoms. The number of para-hydroxylation sites is 4. The van der Waals surface area contributed by atoms with Crippen molar-refractivity contribution in [1.82, 2.24) is 0 Å². The molecule has 2 heterocycles. The topological polar surface area (TPSA) is 67.9 Å². The number of fused-ring (bicyclic) bond motifs is 2. The van der Waals surface area contributed by atoms with Crippen molar-refractivity contribution < 1.29 is 19.1 Å². The summed E-state index contributed by atoms with van der Waals surface area (Å²) in [6.07, 6.45) is -0.774. The molecule has 2 aromatic rings. The van der Waals surface area contributed by atoms with Gasteiger partial charge in [0.2, 0.25) is 12.0 Å². The summed E-state index contributed by atoms with van der Waals surface area (Å²) in [5.74, 6) is 0.635. The molecule has 0 aromatic heterocycles. The molecule has 0 fully saturated rings. The van der Waals surface area contributed by atoms with Crippen molar-refractivity contribution in [1.29, 1.82) is 0 Å². The van der Waals surface area contributed by atoms with Crippen LogP contribution in [-0.4, -0.2) is 31.1 Å². The van der Waals surface area contributed by atoms with E-state index in [-0.39, 0.29) is 25.0 Å². The first-order chi connectivity index (χ1) is 11.2. The predicted octanol–water partition coefficient (Wildman–Crippen LogP) is 1.81. The van der Waals surface area contributed by atoms with Crippen molar-refractivity contribution in [3.05, 3.63) is 48.5 Å². The smallest absolute Gasteiger partial charge is 0.272 e. The molecule has 2 aromatic carbocycles. The third-order valence-electron chi connectivity index (χ3n) is 3.82. The number of nitrogens with one attached hydrogen (secondary N) is 1. The molecule has 0 radical (unpaired) electrons. The van der Waals surface area contributed by atoms with Gasteiger partial charge in [0.1, 0.15) is 13.2 Å². The zero-order valence-corrected chi connectivity index (χ0v) is 12.2. The quantitative estimate of drug-likeness (QED) is 0.872. The number of hydrogen-bond acceptors (Lipinski definition) is 4. The van der Waals surface area contributed by atoms with Crippen molar-refractivity contribution >= 4 is 23.2 Å². The minimum Gasteiger partial charge on any atom is -0.485 e. The highest BCUT2D eigenvalue weighted by atomic mass is 16.6. The molecule has 0 saturated heterocycles. The Bertz CT molecular complexity index is 790. The second-order valence-electron chi connectivity index (χ2n) is 5.35. The van der Waals surface area contributed by atoms with Crippen molar-refractivity contribution in [2.45, 2.75) is 6.10 Å². The molecule has 0 aliphatic carbocycles. The highest BCUT2D eigenvalue weighted by Crippen LogP contribution is 2.33. The maximum Gasteiger partial charge on any atom is 0.272 e. The van der Waals surface area contributed by atoms with Crippen molar-refractivity contribution in [3.63, 3.8) is 0 Å². The molecule has 0 saturated carbocycles. The van der Waals surface area contributed by atoms with E-state index in [1.165, 1.54) is 4.90 Å². The number of anilines is 2. The van der Waals surface area contributed by atoms with Crippen LogP contribution in [0.4, 0.5) is 11.4 Å². The lowest BCUT2D eigenvalue weighted by Gasteiger charge is -2.33. The van der Waals surface area contributed by atoms with Crippen LogP contribution in [0.5, 0.6) is 11.5 Å². The molecule has 2 aliphatic rings. The Morgan fingerprint density at radius 2 is 1.83 bits per heavy atom. The van der Waals surface area contributed by atoms with E-state index in [4.69, 9.17) is 9.47 Å². The largest absolute Gasteiger partial charge is 0.485 e. The molecule has 4 rings (SSSR count).